The fourth-order valence-electron chi connectivity index (χ4n) is 5.11. The minimum Gasteiger partial charge on any atom is -0.497 e. The predicted molar refractivity (Wildman–Crippen MR) is 155 cm³/mol. The lowest BCUT2D eigenvalue weighted by Gasteiger charge is -2.33. The molecule has 0 heterocycles. The molecule has 0 spiro atoms. The maximum atomic E-state index is 13.6. The predicted octanol–water partition coefficient (Wildman–Crippen LogP) is 4.81. The summed E-state index contributed by atoms with van der Waals surface area (Å²) in [6, 6.07) is 14.3. The molecular weight excluding hydrogens is 514 g/mol. The SMILES string of the molecule is CC[C@@H](C(=O)NC1CCCCC1)N(Cc1ccc(C)cc1)C(=O)CCCN(c1ccc(OC)cc1)S(C)(=O)=O. The Balaban J connectivity index is 1.74. The molecule has 0 aromatic heterocycles. The number of sulfonamides is 1. The number of anilines is 1. The van der Waals surface area contributed by atoms with E-state index in [2.05, 4.69) is 5.32 Å². The first kappa shape index (κ1) is 30.5. The number of hydrogen-bond donors (Lipinski definition) is 1. The van der Waals surface area contributed by atoms with Crippen molar-refractivity contribution < 1.29 is 22.7 Å². The molecule has 0 radical (unpaired) electrons. The largest absolute Gasteiger partial charge is 0.497 e. The molecule has 2 amide bonds. The molecule has 1 aliphatic rings. The standard InChI is InChI=1S/C30H43N3O5S/c1-5-28(30(35)31-25-10-7-6-8-11-25)32(22-24-15-13-23(2)14-16-24)29(34)12-9-21-33(39(4,36)37)26-17-19-27(38-3)20-18-26/h13-20,25,28H,5-12,21-22H2,1-4H3,(H,31,35)/t28-/m0/s1. The van der Waals surface area contributed by atoms with E-state index >= 15 is 0 Å². The number of nitrogens with one attached hydrogen (secondary N) is 1. The van der Waals surface area contributed by atoms with E-state index in [0.717, 1.165) is 43.1 Å². The zero-order valence-electron chi connectivity index (χ0n) is 23.7. The monoisotopic (exact) mass is 557 g/mol. The quantitative estimate of drug-likeness (QED) is 0.382. The van der Waals surface area contributed by atoms with Crippen molar-refractivity contribution in [1.29, 1.82) is 0 Å². The highest BCUT2D eigenvalue weighted by Crippen LogP contribution is 2.23. The Hall–Kier alpha value is -3.07. The van der Waals surface area contributed by atoms with E-state index in [-0.39, 0.29) is 30.8 Å². The van der Waals surface area contributed by atoms with Crippen LogP contribution in [-0.2, 0) is 26.2 Å². The highest BCUT2D eigenvalue weighted by molar-refractivity contribution is 7.92. The molecule has 0 unspecified atom stereocenters. The summed E-state index contributed by atoms with van der Waals surface area (Å²) in [5.41, 5.74) is 2.59. The number of methoxy groups -OCH3 is 1. The lowest BCUT2D eigenvalue weighted by atomic mass is 9.95. The van der Waals surface area contributed by atoms with Crippen molar-refractivity contribution in [2.24, 2.45) is 0 Å². The van der Waals surface area contributed by atoms with E-state index in [1.165, 1.54) is 10.7 Å². The van der Waals surface area contributed by atoms with Crippen LogP contribution in [-0.4, -0.2) is 57.1 Å². The topological polar surface area (TPSA) is 96.0 Å². The summed E-state index contributed by atoms with van der Waals surface area (Å²) in [5.74, 6) is 0.358. The third kappa shape index (κ3) is 8.98. The number of hydrogen-bond acceptors (Lipinski definition) is 5. The van der Waals surface area contributed by atoms with Crippen LogP contribution >= 0.6 is 0 Å². The Kier molecular flexibility index (Phi) is 11.2. The molecule has 1 fully saturated rings. The molecule has 1 saturated carbocycles. The number of rotatable bonds is 13. The van der Waals surface area contributed by atoms with Crippen LogP contribution in [0.3, 0.4) is 0 Å². The molecule has 1 N–H and O–H groups in total. The van der Waals surface area contributed by atoms with E-state index in [9.17, 15) is 18.0 Å². The molecule has 9 heteroatoms. The number of amides is 2. The van der Waals surface area contributed by atoms with Gasteiger partial charge in [-0.2, -0.15) is 0 Å². The second kappa shape index (κ2) is 14.4. The number of carbonyl (C=O) groups is 2. The minimum absolute atomic E-state index is 0.110. The van der Waals surface area contributed by atoms with Crippen LogP contribution in [0.4, 0.5) is 5.69 Å². The highest BCUT2D eigenvalue weighted by atomic mass is 32.2. The zero-order chi connectivity index (χ0) is 28.4. The van der Waals surface area contributed by atoms with Gasteiger partial charge in [-0.05, 0) is 62.4 Å². The van der Waals surface area contributed by atoms with Crippen molar-refractivity contribution in [2.45, 2.75) is 83.8 Å². The number of nitrogens with zero attached hydrogens (tertiary/aromatic N) is 2. The van der Waals surface area contributed by atoms with Gasteiger partial charge in [0, 0.05) is 25.6 Å². The molecular formula is C30H43N3O5S. The average Bonchev–Trinajstić information content (AvgIpc) is 2.92. The molecule has 2 aromatic carbocycles. The summed E-state index contributed by atoms with van der Waals surface area (Å²) >= 11 is 0. The van der Waals surface area contributed by atoms with E-state index in [1.807, 2.05) is 38.1 Å². The van der Waals surface area contributed by atoms with Crippen LogP contribution in [0.15, 0.2) is 48.5 Å². The van der Waals surface area contributed by atoms with Crippen LogP contribution in [0, 0.1) is 6.92 Å². The second-order valence-electron chi connectivity index (χ2n) is 10.4. The molecule has 3 rings (SSSR count). The zero-order valence-corrected chi connectivity index (χ0v) is 24.5. The van der Waals surface area contributed by atoms with E-state index in [1.54, 1.807) is 36.3 Å². The molecule has 214 valence electrons. The van der Waals surface area contributed by atoms with Crippen molar-refractivity contribution in [3.63, 3.8) is 0 Å². The molecule has 0 bridgehead atoms. The molecule has 39 heavy (non-hydrogen) atoms. The fourth-order valence-corrected chi connectivity index (χ4v) is 6.07. The minimum atomic E-state index is -3.56. The van der Waals surface area contributed by atoms with Gasteiger partial charge in [0.1, 0.15) is 11.8 Å². The first-order valence-corrected chi connectivity index (χ1v) is 15.7. The van der Waals surface area contributed by atoms with Gasteiger partial charge in [0.2, 0.25) is 21.8 Å². The fraction of sp³-hybridized carbons (Fsp3) is 0.533. The molecule has 0 aliphatic heterocycles. The van der Waals surface area contributed by atoms with Crippen molar-refractivity contribution in [1.82, 2.24) is 10.2 Å². The van der Waals surface area contributed by atoms with Crippen molar-refractivity contribution in [2.75, 3.05) is 24.2 Å². The van der Waals surface area contributed by atoms with Crippen LogP contribution in [0.25, 0.3) is 0 Å². The van der Waals surface area contributed by atoms with Crippen LogP contribution < -0.4 is 14.4 Å². The Labute approximate surface area is 233 Å². The van der Waals surface area contributed by atoms with Crippen LogP contribution in [0.2, 0.25) is 0 Å². The van der Waals surface area contributed by atoms with Crippen molar-refractivity contribution in [3.05, 3.63) is 59.7 Å². The Morgan fingerprint density at radius 3 is 2.23 bits per heavy atom. The first-order valence-electron chi connectivity index (χ1n) is 13.9. The van der Waals surface area contributed by atoms with Crippen molar-refractivity contribution >= 4 is 27.5 Å². The van der Waals surface area contributed by atoms with Crippen LogP contribution in [0.5, 0.6) is 5.75 Å². The van der Waals surface area contributed by atoms with Gasteiger partial charge in [0.15, 0.2) is 0 Å². The average molecular weight is 558 g/mol. The third-order valence-electron chi connectivity index (χ3n) is 7.32. The second-order valence-corrected chi connectivity index (χ2v) is 12.3. The summed E-state index contributed by atoms with van der Waals surface area (Å²) in [5, 5.41) is 3.19. The van der Waals surface area contributed by atoms with E-state index < -0.39 is 16.1 Å². The Morgan fingerprint density at radius 2 is 1.67 bits per heavy atom. The van der Waals surface area contributed by atoms with Gasteiger partial charge >= 0.3 is 0 Å². The maximum Gasteiger partial charge on any atom is 0.243 e. The Morgan fingerprint density at radius 1 is 1.03 bits per heavy atom. The summed E-state index contributed by atoms with van der Waals surface area (Å²) in [6.07, 6.45) is 7.47. The van der Waals surface area contributed by atoms with Crippen LogP contribution in [0.1, 0.15) is 69.4 Å². The summed E-state index contributed by atoms with van der Waals surface area (Å²) in [6.45, 7) is 4.41. The summed E-state index contributed by atoms with van der Waals surface area (Å²) in [4.78, 5) is 28.7. The lowest BCUT2D eigenvalue weighted by Crippen LogP contribution is -2.51. The summed E-state index contributed by atoms with van der Waals surface area (Å²) in [7, 11) is -2.00. The highest BCUT2D eigenvalue weighted by Gasteiger charge is 2.30. The number of aryl methyl sites for hydroxylation is 1. The van der Waals surface area contributed by atoms with E-state index in [0.29, 0.717) is 30.8 Å². The molecule has 1 aliphatic carbocycles. The number of benzene rings is 2. The number of carbonyl (C=O) groups excluding carboxylic acids is 2. The van der Waals surface area contributed by atoms with Gasteiger partial charge in [-0.15, -0.1) is 0 Å². The normalized spacial score (nSPS) is 14.9. The van der Waals surface area contributed by atoms with Gasteiger partial charge in [0.25, 0.3) is 0 Å². The molecule has 1 atom stereocenters. The van der Waals surface area contributed by atoms with Gasteiger partial charge in [-0.3, -0.25) is 13.9 Å². The smallest absolute Gasteiger partial charge is 0.243 e. The maximum absolute atomic E-state index is 13.6. The molecule has 0 saturated heterocycles. The first-order chi connectivity index (χ1) is 18.6. The molecule has 2 aromatic rings. The lowest BCUT2D eigenvalue weighted by molar-refractivity contribution is -0.141. The Bertz CT molecular complexity index is 1180. The van der Waals surface area contributed by atoms with Gasteiger partial charge in [-0.25, -0.2) is 8.42 Å². The van der Waals surface area contributed by atoms with E-state index in [4.69, 9.17) is 4.74 Å². The number of ether oxygens (including phenoxy) is 1. The summed E-state index contributed by atoms with van der Waals surface area (Å²) < 4.78 is 31.6. The van der Waals surface area contributed by atoms with Gasteiger partial charge < -0.3 is 15.0 Å². The van der Waals surface area contributed by atoms with Gasteiger partial charge in [0.05, 0.1) is 19.1 Å². The van der Waals surface area contributed by atoms with Gasteiger partial charge in [-0.1, -0.05) is 56.0 Å². The van der Waals surface area contributed by atoms with Crippen molar-refractivity contribution in [3.8, 4) is 5.75 Å². The third-order valence-corrected chi connectivity index (χ3v) is 8.52. The molecule has 8 nitrogen and oxygen atoms in total.